The predicted molar refractivity (Wildman–Crippen MR) is 59.5 cm³/mol. The van der Waals surface area contributed by atoms with Crippen molar-refractivity contribution in [1.29, 1.82) is 0 Å². The summed E-state index contributed by atoms with van der Waals surface area (Å²) in [6.07, 6.45) is 2.97. The number of hydrogen-bond donors (Lipinski definition) is 0. The van der Waals surface area contributed by atoms with Gasteiger partial charge in [0, 0.05) is 18.5 Å². The third-order valence-electron chi connectivity index (χ3n) is 3.11. The number of likely N-dealkylation sites (tertiary alicyclic amines) is 1. The molecule has 0 aromatic heterocycles. The van der Waals surface area contributed by atoms with E-state index < -0.39 is 0 Å². The van der Waals surface area contributed by atoms with E-state index in [4.69, 9.17) is 11.6 Å². The van der Waals surface area contributed by atoms with Gasteiger partial charge in [0.25, 0.3) is 0 Å². The minimum atomic E-state index is -0.228. The standard InChI is InChI=1S/C11H20ClNO/c1-4-11(2,3)10(14)13-7-5-6-9(12)8-13/h9H,4-8H2,1-3H3. The first-order chi connectivity index (χ1) is 6.47. The van der Waals surface area contributed by atoms with Gasteiger partial charge in [-0.3, -0.25) is 4.79 Å². The molecule has 1 rings (SSSR count). The average molecular weight is 218 g/mol. The lowest BCUT2D eigenvalue weighted by Gasteiger charge is -2.35. The van der Waals surface area contributed by atoms with Gasteiger partial charge in [-0.15, -0.1) is 11.6 Å². The largest absolute Gasteiger partial charge is 0.341 e. The van der Waals surface area contributed by atoms with Crippen LogP contribution in [-0.2, 0) is 4.79 Å². The van der Waals surface area contributed by atoms with Gasteiger partial charge in [0.1, 0.15) is 0 Å². The van der Waals surface area contributed by atoms with Crippen LogP contribution in [0.4, 0.5) is 0 Å². The molecule has 1 heterocycles. The molecule has 1 atom stereocenters. The predicted octanol–water partition coefficient (Wildman–Crippen LogP) is 2.65. The van der Waals surface area contributed by atoms with Crippen molar-refractivity contribution < 1.29 is 4.79 Å². The van der Waals surface area contributed by atoms with Gasteiger partial charge in [-0.2, -0.15) is 0 Å². The van der Waals surface area contributed by atoms with Gasteiger partial charge in [-0.05, 0) is 19.3 Å². The van der Waals surface area contributed by atoms with Gasteiger partial charge in [0.2, 0.25) is 5.91 Å². The summed E-state index contributed by atoms with van der Waals surface area (Å²) >= 11 is 6.05. The molecular formula is C11H20ClNO. The van der Waals surface area contributed by atoms with Crippen molar-refractivity contribution in [2.75, 3.05) is 13.1 Å². The van der Waals surface area contributed by atoms with Crippen LogP contribution in [0.1, 0.15) is 40.0 Å². The van der Waals surface area contributed by atoms with Crippen molar-refractivity contribution in [3.05, 3.63) is 0 Å². The Morgan fingerprint density at radius 1 is 1.57 bits per heavy atom. The Labute approximate surface area is 91.6 Å². The van der Waals surface area contributed by atoms with Crippen LogP contribution in [0.5, 0.6) is 0 Å². The lowest BCUT2D eigenvalue weighted by Crippen LogP contribution is -2.46. The molecule has 1 amide bonds. The van der Waals surface area contributed by atoms with Gasteiger partial charge >= 0.3 is 0 Å². The van der Waals surface area contributed by atoms with Gasteiger partial charge < -0.3 is 4.90 Å². The number of alkyl halides is 1. The number of rotatable bonds is 2. The second kappa shape index (κ2) is 4.52. The number of piperidine rings is 1. The zero-order valence-corrected chi connectivity index (χ0v) is 10.1. The third kappa shape index (κ3) is 2.63. The molecule has 0 aromatic rings. The summed E-state index contributed by atoms with van der Waals surface area (Å²) in [7, 11) is 0. The molecule has 1 aliphatic heterocycles. The number of carbonyl (C=O) groups is 1. The molecule has 14 heavy (non-hydrogen) atoms. The SMILES string of the molecule is CCC(C)(C)C(=O)N1CCCC(Cl)C1. The van der Waals surface area contributed by atoms with Crippen molar-refractivity contribution in [2.45, 2.75) is 45.4 Å². The fourth-order valence-electron chi connectivity index (χ4n) is 1.69. The maximum Gasteiger partial charge on any atom is 0.228 e. The first-order valence-electron chi connectivity index (χ1n) is 5.41. The van der Waals surface area contributed by atoms with Gasteiger partial charge in [-0.25, -0.2) is 0 Å². The second-order valence-corrected chi connectivity index (χ2v) is 5.35. The molecule has 1 unspecified atom stereocenters. The zero-order chi connectivity index (χ0) is 10.8. The molecule has 0 radical (unpaired) electrons. The van der Waals surface area contributed by atoms with Crippen molar-refractivity contribution in [1.82, 2.24) is 4.90 Å². The van der Waals surface area contributed by atoms with Crippen LogP contribution in [0.2, 0.25) is 0 Å². The van der Waals surface area contributed by atoms with Gasteiger partial charge in [0.15, 0.2) is 0 Å². The van der Waals surface area contributed by atoms with Crippen LogP contribution < -0.4 is 0 Å². The molecule has 0 N–H and O–H groups in total. The fourth-order valence-corrected chi connectivity index (χ4v) is 2.01. The summed E-state index contributed by atoms with van der Waals surface area (Å²) < 4.78 is 0. The molecule has 0 bridgehead atoms. The molecule has 1 saturated heterocycles. The van der Waals surface area contributed by atoms with Crippen LogP contribution in [0.25, 0.3) is 0 Å². The van der Waals surface area contributed by atoms with Crippen LogP contribution in [0, 0.1) is 5.41 Å². The lowest BCUT2D eigenvalue weighted by atomic mass is 9.88. The van der Waals surface area contributed by atoms with E-state index in [0.717, 1.165) is 32.4 Å². The molecule has 0 saturated carbocycles. The van der Waals surface area contributed by atoms with E-state index in [1.165, 1.54) is 0 Å². The number of carbonyl (C=O) groups excluding carboxylic acids is 1. The van der Waals surface area contributed by atoms with E-state index in [2.05, 4.69) is 6.92 Å². The van der Waals surface area contributed by atoms with Gasteiger partial charge in [-0.1, -0.05) is 20.8 Å². The maximum absolute atomic E-state index is 12.1. The summed E-state index contributed by atoms with van der Waals surface area (Å²) in [5, 5.41) is 0.153. The zero-order valence-electron chi connectivity index (χ0n) is 9.35. The summed E-state index contributed by atoms with van der Waals surface area (Å²) in [6, 6.07) is 0. The van der Waals surface area contributed by atoms with Crippen LogP contribution >= 0.6 is 11.6 Å². The van der Waals surface area contributed by atoms with E-state index >= 15 is 0 Å². The number of amides is 1. The minimum absolute atomic E-state index is 0.153. The maximum atomic E-state index is 12.1. The monoisotopic (exact) mass is 217 g/mol. The second-order valence-electron chi connectivity index (χ2n) is 4.73. The number of nitrogens with zero attached hydrogens (tertiary/aromatic N) is 1. The minimum Gasteiger partial charge on any atom is -0.341 e. The van der Waals surface area contributed by atoms with Crippen molar-refractivity contribution >= 4 is 17.5 Å². The Bertz CT molecular complexity index is 215. The molecule has 0 aromatic carbocycles. The molecule has 0 spiro atoms. The van der Waals surface area contributed by atoms with E-state index in [1.807, 2.05) is 18.7 Å². The summed E-state index contributed by atoms with van der Waals surface area (Å²) in [5.41, 5.74) is -0.228. The average Bonchev–Trinajstić information content (AvgIpc) is 2.16. The van der Waals surface area contributed by atoms with E-state index in [1.54, 1.807) is 0 Å². The highest BCUT2D eigenvalue weighted by atomic mass is 35.5. The molecule has 0 aliphatic carbocycles. The highest BCUT2D eigenvalue weighted by molar-refractivity contribution is 6.20. The normalized spacial score (nSPS) is 23.7. The topological polar surface area (TPSA) is 20.3 Å². The van der Waals surface area contributed by atoms with Crippen LogP contribution in [-0.4, -0.2) is 29.3 Å². The summed E-state index contributed by atoms with van der Waals surface area (Å²) in [5.74, 6) is 0.255. The van der Waals surface area contributed by atoms with Gasteiger partial charge in [0.05, 0.1) is 5.38 Å². The van der Waals surface area contributed by atoms with Crippen molar-refractivity contribution in [3.63, 3.8) is 0 Å². The third-order valence-corrected chi connectivity index (χ3v) is 3.47. The highest BCUT2D eigenvalue weighted by Crippen LogP contribution is 2.26. The lowest BCUT2D eigenvalue weighted by molar-refractivity contribution is -0.141. The molecule has 1 aliphatic rings. The Hall–Kier alpha value is -0.240. The van der Waals surface area contributed by atoms with E-state index in [9.17, 15) is 4.79 Å². The molecule has 2 nitrogen and oxygen atoms in total. The molecular weight excluding hydrogens is 198 g/mol. The first-order valence-corrected chi connectivity index (χ1v) is 5.84. The highest BCUT2D eigenvalue weighted by Gasteiger charge is 2.32. The van der Waals surface area contributed by atoms with Crippen molar-refractivity contribution in [3.8, 4) is 0 Å². The van der Waals surface area contributed by atoms with E-state index in [-0.39, 0.29) is 16.7 Å². The summed E-state index contributed by atoms with van der Waals surface area (Å²) in [6.45, 7) is 7.68. The number of halogens is 1. The molecule has 1 fully saturated rings. The van der Waals surface area contributed by atoms with Crippen LogP contribution in [0.15, 0.2) is 0 Å². The molecule has 3 heteroatoms. The fraction of sp³-hybridized carbons (Fsp3) is 0.909. The first kappa shape index (κ1) is 11.8. The van der Waals surface area contributed by atoms with Crippen molar-refractivity contribution in [2.24, 2.45) is 5.41 Å². The smallest absolute Gasteiger partial charge is 0.228 e. The Morgan fingerprint density at radius 2 is 2.21 bits per heavy atom. The van der Waals surface area contributed by atoms with Crippen LogP contribution in [0.3, 0.4) is 0 Å². The molecule has 82 valence electrons. The Kier molecular flexibility index (Phi) is 3.82. The Morgan fingerprint density at radius 3 is 2.71 bits per heavy atom. The quantitative estimate of drug-likeness (QED) is 0.652. The number of hydrogen-bond acceptors (Lipinski definition) is 1. The van der Waals surface area contributed by atoms with E-state index in [0.29, 0.717) is 0 Å². The Balaban J connectivity index is 2.60. The summed E-state index contributed by atoms with van der Waals surface area (Å²) in [4.78, 5) is 14.0.